The molecule has 0 aromatic heterocycles. The predicted octanol–water partition coefficient (Wildman–Crippen LogP) is 2.47. The molecule has 25 heavy (non-hydrogen) atoms. The fourth-order valence-corrected chi connectivity index (χ4v) is 4.39. The van der Waals surface area contributed by atoms with Crippen molar-refractivity contribution in [3.8, 4) is 0 Å². The highest BCUT2D eigenvalue weighted by molar-refractivity contribution is 7.89. The van der Waals surface area contributed by atoms with E-state index in [1.165, 1.54) is 0 Å². The highest BCUT2D eigenvalue weighted by Gasteiger charge is 2.26. The second kappa shape index (κ2) is 7.83. The Kier molecular flexibility index (Phi) is 5.74. The van der Waals surface area contributed by atoms with Gasteiger partial charge in [0.15, 0.2) is 0 Å². The maximum absolute atomic E-state index is 12.7. The Morgan fingerprint density at radius 3 is 2.44 bits per heavy atom. The molecule has 5 nitrogen and oxygen atoms in total. The van der Waals surface area contributed by atoms with Gasteiger partial charge in [0.05, 0.1) is 18.1 Å². The quantitative estimate of drug-likeness (QED) is 0.858. The Balaban J connectivity index is 1.74. The van der Waals surface area contributed by atoms with E-state index >= 15 is 0 Å². The number of rotatable bonds is 6. The third kappa shape index (κ3) is 4.39. The van der Waals surface area contributed by atoms with E-state index in [-0.39, 0.29) is 6.04 Å². The molecule has 1 heterocycles. The Morgan fingerprint density at radius 2 is 1.76 bits per heavy atom. The first-order chi connectivity index (χ1) is 12.0. The molecule has 0 unspecified atom stereocenters. The minimum atomic E-state index is -3.53. The number of benzene rings is 2. The van der Waals surface area contributed by atoms with Crippen molar-refractivity contribution < 1.29 is 13.2 Å². The number of morpholine rings is 1. The van der Waals surface area contributed by atoms with Crippen molar-refractivity contribution in [2.45, 2.75) is 24.8 Å². The molecule has 2 aromatic rings. The second-order valence-corrected chi connectivity index (χ2v) is 8.59. The molecular formula is C19H26N2O3S. The largest absolute Gasteiger partial charge is 0.379 e. The Labute approximate surface area is 150 Å². The van der Waals surface area contributed by atoms with E-state index in [0.29, 0.717) is 30.6 Å². The number of nitrogens with zero attached hydrogens (tertiary/aromatic N) is 1. The van der Waals surface area contributed by atoms with Crippen LogP contribution in [0, 0.1) is 5.92 Å². The first-order valence-corrected chi connectivity index (χ1v) is 10.3. The zero-order valence-electron chi connectivity index (χ0n) is 14.8. The highest BCUT2D eigenvalue weighted by atomic mass is 32.2. The molecule has 0 amide bonds. The van der Waals surface area contributed by atoms with Crippen LogP contribution in [0.2, 0.25) is 0 Å². The molecule has 1 saturated heterocycles. The maximum atomic E-state index is 12.7. The zero-order valence-corrected chi connectivity index (χ0v) is 15.6. The molecule has 0 bridgehead atoms. The van der Waals surface area contributed by atoms with Crippen molar-refractivity contribution in [3.05, 3.63) is 42.5 Å². The summed E-state index contributed by atoms with van der Waals surface area (Å²) in [5, 5.41) is 1.97. The van der Waals surface area contributed by atoms with Gasteiger partial charge in [0.1, 0.15) is 0 Å². The van der Waals surface area contributed by atoms with Gasteiger partial charge >= 0.3 is 0 Å². The van der Waals surface area contributed by atoms with Crippen LogP contribution >= 0.6 is 0 Å². The zero-order chi connectivity index (χ0) is 17.9. The van der Waals surface area contributed by atoms with Crippen molar-refractivity contribution in [1.29, 1.82) is 0 Å². The van der Waals surface area contributed by atoms with E-state index in [4.69, 9.17) is 4.74 Å². The highest BCUT2D eigenvalue weighted by Crippen LogP contribution is 2.19. The van der Waals surface area contributed by atoms with E-state index in [1.807, 2.05) is 30.3 Å². The number of hydrogen-bond donors (Lipinski definition) is 1. The van der Waals surface area contributed by atoms with Crippen LogP contribution in [0.15, 0.2) is 47.4 Å². The summed E-state index contributed by atoms with van der Waals surface area (Å²) in [6, 6.07) is 13.2. The van der Waals surface area contributed by atoms with Crippen LogP contribution in [0.1, 0.15) is 13.8 Å². The fourth-order valence-electron chi connectivity index (χ4n) is 3.31. The Hall–Kier alpha value is -1.47. The first-order valence-electron chi connectivity index (χ1n) is 8.77. The van der Waals surface area contributed by atoms with Crippen molar-refractivity contribution in [2.75, 3.05) is 32.8 Å². The van der Waals surface area contributed by atoms with Crippen molar-refractivity contribution in [2.24, 2.45) is 5.92 Å². The lowest BCUT2D eigenvalue weighted by Crippen LogP contribution is -2.51. The summed E-state index contributed by atoms with van der Waals surface area (Å²) in [6.45, 7) is 7.78. The monoisotopic (exact) mass is 362 g/mol. The molecule has 2 aromatic carbocycles. The summed E-state index contributed by atoms with van der Waals surface area (Å²) in [4.78, 5) is 2.63. The van der Waals surface area contributed by atoms with Gasteiger partial charge in [-0.25, -0.2) is 13.1 Å². The van der Waals surface area contributed by atoms with Crippen LogP contribution in [-0.4, -0.2) is 52.2 Å². The predicted molar refractivity (Wildman–Crippen MR) is 100 cm³/mol. The summed E-state index contributed by atoms with van der Waals surface area (Å²) in [5.74, 6) is 0.359. The van der Waals surface area contributed by atoms with Gasteiger partial charge in [-0.1, -0.05) is 44.2 Å². The van der Waals surface area contributed by atoms with Gasteiger partial charge in [0.25, 0.3) is 0 Å². The normalized spacial score (nSPS) is 17.9. The average Bonchev–Trinajstić information content (AvgIpc) is 2.62. The Morgan fingerprint density at radius 1 is 1.08 bits per heavy atom. The van der Waals surface area contributed by atoms with E-state index in [2.05, 4.69) is 23.5 Å². The lowest BCUT2D eigenvalue weighted by molar-refractivity contribution is 0.00776. The van der Waals surface area contributed by atoms with Gasteiger partial charge in [0, 0.05) is 25.7 Å². The summed E-state index contributed by atoms with van der Waals surface area (Å²) in [7, 11) is -3.53. The van der Waals surface area contributed by atoms with Crippen LogP contribution in [0.5, 0.6) is 0 Å². The van der Waals surface area contributed by atoms with E-state index in [9.17, 15) is 8.42 Å². The third-order valence-electron chi connectivity index (χ3n) is 4.80. The van der Waals surface area contributed by atoms with Crippen LogP contribution in [0.4, 0.5) is 0 Å². The SMILES string of the molecule is CC(C)[C@@H](CNS(=O)(=O)c1ccc2ccccc2c1)N1CCOCC1. The molecule has 0 radical (unpaired) electrons. The molecule has 1 aliphatic heterocycles. The van der Waals surface area contributed by atoms with Crippen LogP contribution in [-0.2, 0) is 14.8 Å². The molecule has 1 fully saturated rings. The third-order valence-corrected chi connectivity index (χ3v) is 6.22. The van der Waals surface area contributed by atoms with Crippen molar-refractivity contribution in [1.82, 2.24) is 9.62 Å². The maximum Gasteiger partial charge on any atom is 0.240 e. The molecule has 1 N–H and O–H groups in total. The molecule has 3 rings (SSSR count). The topological polar surface area (TPSA) is 58.6 Å². The number of fused-ring (bicyclic) bond motifs is 1. The standard InChI is InChI=1S/C19H26N2O3S/c1-15(2)19(21-9-11-24-12-10-21)14-20-25(22,23)18-8-7-16-5-3-4-6-17(16)13-18/h3-8,13,15,19-20H,9-12,14H2,1-2H3/t19-/m1/s1. The van der Waals surface area contributed by atoms with Gasteiger partial charge < -0.3 is 4.74 Å². The molecular weight excluding hydrogens is 336 g/mol. The number of hydrogen-bond acceptors (Lipinski definition) is 4. The molecule has 0 spiro atoms. The molecule has 0 saturated carbocycles. The van der Waals surface area contributed by atoms with Crippen LogP contribution in [0.25, 0.3) is 10.8 Å². The number of nitrogens with one attached hydrogen (secondary N) is 1. The molecule has 0 aliphatic carbocycles. The summed E-state index contributed by atoms with van der Waals surface area (Å²) in [6.07, 6.45) is 0. The summed E-state index contributed by atoms with van der Waals surface area (Å²) < 4.78 is 33.7. The average molecular weight is 362 g/mol. The lowest BCUT2D eigenvalue weighted by atomic mass is 10.0. The summed E-state index contributed by atoms with van der Waals surface area (Å²) in [5.41, 5.74) is 0. The minimum Gasteiger partial charge on any atom is -0.379 e. The van der Waals surface area contributed by atoms with E-state index < -0.39 is 10.0 Å². The molecule has 1 atom stereocenters. The van der Waals surface area contributed by atoms with Gasteiger partial charge in [0.2, 0.25) is 10.0 Å². The van der Waals surface area contributed by atoms with Crippen LogP contribution in [0.3, 0.4) is 0 Å². The molecule has 136 valence electrons. The van der Waals surface area contributed by atoms with Gasteiger partial charge in [-0.15, -0.1) is 0 Å². The number of sulfonamides is 1. The Bertz CT molecular complexity index is 814. The lowest BCUT2D eigenvalue weighted by Gasteiger charge is -2.36. The molecule has 1 aliphatic rings. The van der Waals surface area contributed by atoms with Crippen molar-refractivity contribution in [3.63, 3.8) is 0 Å². The van der Waals surface area contributed by atoms with E-state index in [1.54, 1.807) is 12.1 Å². The van der Waals surface area contributed by atoms with Crippen LogP contribution < -0.4 is 4.72 Å². The number of ether oxygens (including phenoxy) is 1. The summed E-state index contributed by atoms with van der Waals surface area (Å²) >= 11 is 0. The minimum absolute atomic E-state index is 0.166. The van der Waals surface area contributed by atoms with Gasteiger partial charge in [-0.05, 0) is 28.8 Å². The van der Waals surface area contributed by atoms with E-state index in [0.717, 1.165) is 23.9 Å². The fraction of sp³-hybridized carbons (Fsp3) is 0.474. The van der Waals surface area contributed by atoms with Gasteiger partial charge in [-0.3, -0.25) is 4.90 Å². The first kappa shape index (κ1) is 18.3. The smallest absolute Gasteiger partial charge is 0.240 e. The van der Waals surface area contributed by atoms with Crippen molar-refractivity contribution >= 4 is 20.8 Å². The molecule has 6 heteroatoms. The van der Waals surface area contributed by atoms with Gasteiger partial charge in [-0.2, -0.15) is 0 Å². The second-order valence-electron chi connectivity index (χ2n) is 6.82.